The lowest BCUT2D eigenvalue weighted by atomic mass is 10.1. The molecule has 0 radical (unpaired) electrons. The highest BCUT2D eigenvalue weighted by Gasteiger charge is 2.11. The Kier molecular flexibility index (Phi) is 3.85. The van der Waals surface area contributed by atoms with Crippen LogP contribution in [0.15, 0.2) is 45.8 Å². The van der Waals surface area contributed by atoms with Crippen LogP contribution in [0.25, 0.3) is 0 Å². The summed E-state index contributed by atoms with van der Waals surface area (Å²) in [5.41, 5.74) is 11.0. The van der Waals surface area contributed by atoms with Crippen molar-refractivity contribution >= 4 is 33.4 Å². The molecule has 1 aliphatic carbocycles. The van der Waals surface area contributed by atoms with Crippen molar-refractivity contribution in [3.63, 3.8) is 0 Å². The Morgan fingerprint density at radius 3 is 2.84 bits per heavy atom. The van der Waals surface area contributed by atoms with E-state index in [0.717, 1.165) is 15.9 Å². The standard InChI is InChI=1S/C16H16BrNS/c17-16-13(5-2-6-15(16)18)10-19-14-8-7-11-3-1-4-12(11)9-14/h2,5-9H,1,3-4,10,18H2. The molecule has 3 rings (SSSR count). The van der Waals surface area contributed by atoms with Crippen LogP contribution in [0.4, 0.5) is 5.69 Å². The second-order valence-electron chi connectivity index (χ2n) is 4.89. The average molecular weight is 334 g/mol. The van der Waals surface area contributed by atoms with Crippen LogP contribution in [0.1, 0.15) is 23.1 Å². The number of rotatable bonds is 3. The minimum atomic E-state index is 0.812. The van der Waals surface area contributed by atoms with Crippen LogP contribution in [0, 0.1) is 0 Å². The lowest BCUT2D eigenvalue weighted by molar-refractivity contribution is 0.911. The van der Waals surface area contributed by atoms with E-state index >= 15 is 0 Å². The summed E-state index contributed by atoms with van der Waals surface area (Å²) in [5, 5.41) is 0. The van der Waals surface area contributed by atoms with Crippen molar-refractivity contribution in [1.29, 1.82) is 0 Å². The Balaban J connectivity index is 1.74. The molecule has 0 aliphatic heterocycles. The van der Waals surface area contributed by atoms with Gasteiger partial charge in [-0.05, 0) is 70.1 Å². The summed E-state index contributed by atoms with van der Waals surface area (Å²) in [4.78, 5) is 1.36. The molecular weight excluding hydrogens is 318 g/mol. The van der Waals surface area contributed by atoms with Crippen molar-refractivity contribution in [3.05, 3.63) is 57.6 Å². The molecule has 0 saturated heterocycles. The van der Waals surface area contributed by atoms with Gasteiger partial charge in [0.25, 0.3) is 0 Å². The first-order chi connectivity index (χ1) is 9.24. The van der Waals surface area contributed by atoms with E-state index < -0.39 is 0 Å². The van der Waals surface area contributed by atoms with E-state index in [9.17, 15) is 0 Å². The van der Waals surface area contributed by atoms with Gasteiger partial charge in [-0.1, -0.05) is 18.2 Å². The third-order valence-electron chi connectivity index (χ3n) is 3.57. The zero-order valence-corrected chi connectivity index (χ0v) is 13.1. The Bertz CT molecular complexity index is 610. The molecule has 0 amide bonds. The number of aryl methyl sites for hydroxylation is 2. The van der Waals surface area contributed by atoms with Crippen molar-refractivity contribution in [1.82, 2.24) is 0 Å². The maximum absolute atomic E-state index is 5.91. The molecule has 19 heavy (non-hydrogen) atoms. The third kappa shape index (κ3) is 2.82. The number of fused-ring (bicyclic) bond motifs is 1. The number of halogens is 1. The third-order valence-corrected chi connectivity index (χ3v) is 5.58. The predicted molar refractivity (Wildman–Crippen MR) is 86.6 cm³/mol. The number of thioether (sulfide) groups is 1. The van der Waals surface area contributed by atoms with E-state index in [1.165, 1.54) is 40.8 Å². The lowest BCUT2D eigenvalue weighted by Crippen LogP contribution is -1.91. The maximum atomic E-state index is 5.91. The normalized spacial score (nSPS) is 13.5. The van der Waals surface area contributed by atoms with Crippen LogP contribution in [0.2, 0.25) is 0 Å². The average Bonchev–Trinajstić information content (AvgIpc) is 2.88. The van der Waals surface area contributed by atoms with Gasteiger partial charge in [0.15, 0.2) is 0 Å². The fraction of sp³-hybridized carbons (Fsp3) is 0.250. The number of anilines is 1. The SMILES string of the molecule is Nc1cccc(CSc2ccc3c(c2)CCC3)c1Br. The van der Waals surface area contributed by atoms with E-state index in [-0.39, 0.29) is 0 Å². The predicted octanol–water partition coefficient (Wildman–Crippen LogP) is 4.81. The monoisotopic (exact) mass is 333 g/mol. The van der Waals surface area contributed by atoms with Gasteiger partial charge in [-0.2, -0.15) is 0 Å². The highest BCUT2D eigenvalue weighted by atomic mass is 79.9. The van der Waals surface area contributed by atoms with Crippen molar-refractivity contribution in [2.24, 2.45) is 0 Å². The topological polar surface area (TPSA) is 26.0 Å². The lowest BCUT2D eigenvalue weighted by Gasteiger charge is -2.08. The Hall–Kier alpha value is -0.930. The van der Waals surface area contributed by atoms with E-state index in [1.54, 1.807) is 0 Å². The van der Waals surface area contributed by atoms with Crippen molar-refractivity contribution < 1.29 is 0 Å². The molecule has 0 heterocycles. The Morgan fingerprint density at radius 2 is 1.95 bits per heavy atom. The second kappa shape index (κ2) is 5.59. The minimum Gasteiger partial charge on any atom is -0.398 e. The molecule has 2 aromatic carbocycles. The van der Waals surface area contributed by atoms with Crippen LogP contribution in [-0.2, 0) is 18.6 Å². The zero-order valence-electron chi connectivity index (χ0n) is 10.7. The number of nitrogen functional groups attached to an aromatic ring is 1. The molecule has 1 aliphatic rings. The number of hydrogen-bond acceptors (Lipinski definition) is 2. The molecule has 0 saturated carbocycles. The summed E-state index contributed by atoms with van der Waals surface area (Å²) in [6.07, 6.45) is 3.80. The van der Waals surface area contributed by atoms with Crippen LogP contribution < -0.4 is 5.73 Å². The quantitative estimate of drug-likeness (QED) is 0.644. The maximum Gasteiger partial charge on any atom is 0.0461 e. The first-order valence-corrected chi connectivity index (χ1v) is 8.29. The van der Waals surface area contributed by atoms with Gasteiger partial charge in [0.2, 0.25) is 0 Å². The molecule has 98 valence electrons. The van der Waals surface area contributed by atoms with E-state index in [1.807, 2.05) is 23.9 Å². The van der Waals surface area contributed by atoms with E-state index in [0.29, 0.717) is 0 Å². The molecule has 2 aromatic rings. The van der Waals surface area contributed by atoms with Crippen molar-refractivity contribution in [2.45, 2.75) is 29.9 Å². The van der Waals surface area contributed by atoms with Gasteiger partial charge in [0.05, 0.1) is 0 Å². The van der Waals surface area contributed by atoms with Gasteiger partial charge in [-0.3, -0.25) is 0 Å². The first-order valence-electron chi connectivity index (χ1n) is 6.51. The summed E-state index contributed by atoms with van der Waals surface area (Å²) < 4.78 is 1.03. The fourth-order valence-electron chi connectivity index (χ4n) is 2.51. The zero-order chi connectivity index (χ0) is 13.2. The summed E-state index contributed by atoms with van der Waals surface area (Å²) in [6.45, 7) is 0. The van der Waals surface area contributed by atoms with E-state index in [2.05, 4.69) is 40.2 Å². The smallest absolute Gasteiger partial charge is 0.0461 e. The van der Waals surface area contributed by atoms with Gasteiger partial charge >= 0.3 is 0 Å². The van der Waals surface area contributed by atoms with E-state index in [4.69, 9.17) is 5.73 Å². The molecule has 1 nitrogen and oxygen atoms in total. The van der Waals surface area contributed by atoms with Gasteiger partial charge in [0, 0.05) is 20.8 Å². The molecule has 0 atom stereocenters. The summed E-state index contributed by atoms with van der Waals surface area (Å²) >= 11 is 5.44. The Morgan fingerprint density at radius 1 is 1.11 bits per heavy atom. The fourth-order valence-corrected chi connectivity index (χ4v) is 4.05. The molecule has 0 spiro atoms. The first kappa shape index (κ1) is 13.1. The molecule has 0 bridgehead atoms. The summed E-state index contributed by atoms with van der Waals surface area (Å²) in [5.74, 6) is 0.949. The second-order valence-corrected chi connectivity index (χ2v) is 6.73. The Labute approximate surface area is 126 Å². The molecule has 0 fully saturated rings. The van der Waals surface area contributed by atoms with Gasteiger partial charge in [-0.25, -0.2) is 0 Å². The van der Waals surface area contributed by atoms with Crippen LogP contribution in [0.5, 0.6) is 0 Å². The van der Waals surface area contributed by atoms with Gasteiger partial charge in [0.1, 0.15) is 0 Å². The largest absolute Gasteiger partial charge is 0.398 e. The van der Waals surface area contributed by atoms with Crippen molar-refractivity contribution in [2.75, 3.05) is 5.73 Å². The van der Waals surface area contributed by atoms with Crippen LogP contribution in [0.3, 0.4) is 0 Å². The number of hydrogen-bond donors (Lipinski definition) is 1. The minimum absolute atomic E-state index is 0.812. The molecule has 2 N–H and O–H groups in total. The highest BCUT2D eigenvalue weighted by Crippen LogP contribution is 2.32. The molecule has 0 aromatic heterocycles. The molecular formula is C16H16BrNS. The molecule has 0 unspecified atom stereocenters. The number of benzene rings is 2. The van der Waals surface area contributed by atoms with Crippen LogP contribution in [-0.4, -0.2) is 0 Å². The van der Waals surface area contributed by atoms with Crippen molar-refractivity contribution in [3.8, 4) is 0 Å². The number of nitrogens with two attached hydrogens (primary N) is 1. The summed E-state index contributed by atoms with van der Waals surface area (Å²) in [7, 11) is 0. The molecule has 3 heteroatoms. The highest BCUT2D eigenvalue weighted by molar-refractivity contribution is 9.10. The van der Waals surface area contributed by atoms with Gasteiger partial charge in [-0.15, -0.1) is 11.8 Å². The summed E-state index contributed by atoms with van der Waals surface area (Å²) in [6, 6.07) is 13.0. The van der Waals surface area contributed by atoms with Crippen LogP contribution >= 0.6 is 27.7 Å². The van der Waals surface area contributed by atoms with Gasteiger partial charge < -0.3 is 5.73 Å².